The minimum atomic E-state index is -0.275. The van der Waals surface area contributed by atoms with E-state index in [-0.39, 0.29) is 17.6 Å². The van der Waals surface area contributed by atoms with E-state index in [1.54, 1.807) is 36.5 Å². The highest BCUT2D eigenvalue weighted by molar-refractivity contribution is 5.94. The number of carbonyl (C=O) groups is 1. The summed E-state index contributed by atoms with van der Waals surface area (Å²) < 4.78 is 13.6. The molecule has 2 aliphatic heterocycles. The van der Waals surface area contributed by atoms with Crippen molar-refractivity contribution >= 4 is 5.91 Å². The van der Waals surface area contributed by atoms with Crippen LogP contribution in [0.15, 0.2) is 36.9 Å². The molecule has 24 heavy (non-hydrogen) atoms. The fourth-order valence-corrected chi connectivity index (χ4v) is 3.42. The lowest BCUT2D eigenvalue weighted by molar-refractivity contribution is -0.173. The van der Waals surface area contributed by atoms with E-state index in [9.17, 15) is 4.79 Å². The van der Waals surface area contributed by atoms with E-state index < -0.39 is 0 Å². The van der Waals surface area contributed by atoms with Crippen molar-refractivity contribution < 1.29 is 14.3 Å². The molecule has 0 unspecified atom stereocenters. The molecule has 2 aromatic heterocycles. The Morgan fingerprint density at radius 3 is 3.00 bits per heavy atom. The van der Waals surface area contributed by atoms with Gasteiger partial charge in [-0.15, -0.1) is 0 Å². The van der Waals surface area contributed by atoms with E-state index in [1.807, 2.05) is 17.0 Å². The molecule has 4 rings (SSSR count). The average molecular weight is 328 g/mol. The van der Waals surface area contributed by atoms with E-state index in [0.717, 1.165) is 18.6 Å². The maximum Gasteiger partial charge on any atom is 0.257 e. The van der Waals surface area contributed by atoms with Crippen molar-refractivity contribution in [3.8, 4) is 5.75 Å². The van der Waals surface area contributed by atoms with Crippen molar-refractivity contribution in [2.75, 3.05) is 19.7 Å². The number of hydrogen-bond donors (Lipinski definition) is 0. The van der Waals surface area contributed by atoms with Crippen LogP contribution in [0.5, 0.6) is 5.75 Å². The Labute approximate surface area is 140 Å². The van der Waals surface area contributed by atoms with Crippen LogP contribution < -0.4 is 4.74 Å². The molecule has 1 spiro atoms. The third-order valence-electron chi connectivity index (χ3n) is 4.58. The van der Waals surface area contributed by atoms with Gasteiger partial charge in [-0.1, -0.05) is 0 Å². The monoisotopic (exact) mass is 328 g/mol. The van der Waals surface area contributed by atoms with Gasteiger partial charge in [-0.05, 0) is 12.1 Å². The summed E-state index contributed by atoms with van der Waals surface area (Å²) in [6.45, 7) is 1.86. The van der Waals surface area contributed by atoms with Crippen LogP contribution in [0.25, 0.3) is 0 Å². The molecule has 0 bridgehead atoms. The minimum absolute atomic E-state index is 0.00706. The highest BCUT2D eigenvalue weighted by atomic mass is 16.5. The number of ether oxygens (including phenoxy) is 2. The van der Waals surface area contributed by atoms with Gasteiger partial charge in [0.15, 0.2) is 0 Å². The molecule has 7 nitrogen and oxygen atoms in total. The number of carbonyl (C=O) groups excluding carboxylic acids is 1. The summed E-state index contributed by atoms with van der Waals surface area (Å²) in [7, 11) is 1.80. The van der Waals surface area contributed by atoms with Crippen molar-refractivity contribution in [2.45, 2.75) is 24.5 Å². The van der Waals surface area contributed by atoms with Crippen molar-refractivity contribution in [1.82, 2.24) is 19.7 Å². The number of hydrogen-bond acceptors (Lipinski definition) is 5. The lowest BCUT2D eigenvalue weighted by atomic mass is 9.84. The van der Waals surface area contributed by atoms with Crippen molar-refractivity contribution in [3.63, 3.8) is 0 Å². The van der Waals surface area contributed by atoms with Gasteiger partial charge in [0.1, 0.15) is 17.5 Å². The lowest BCUT2D eigenvalue weighted by Gasteiger charge is -2.52. The predicted octanol–water partition coefficient (Wildman–Crippen LogP) is 1.27. The minimum Gasteiger partial charge on any atom is -0.489 e. The van der Waals surface area contributed by atoms with E-state index in [0.29, 0.717) is 25.3 Å². The van der Waals surface area contributed by atoms with Gasteiger partial charge >= 0.3 is 0 Å². The quantitative estimate of drug-likeness (QED) is 0.849. The summed E-state index contributed by atoms with van der Waals surface area (Å²) in [5.41, 5.74) is 0.342. The highest BCUT2D eigenvalue weighted by Crippen LogP contribution is 2.36. The van der Waals surface area contributed by atoms with Gasteiger partial charge in [-0.3, -0.25) is 14.5 Å². The highest BCUT2D eigenvalue weighted by Gasteiger charge is 2.50. The van der Waals surface area contributed by atoms with Gasteiger partial charge in [0.2, 0.25) is 0 Å². The zero-order valence-corrected chi connectivity index (χ0v) is 13.6. The molecule has 1 amide bonds. The van der Waals surface area contributed by atoms with Crippen LogP contribution in [0, 0.1) is 0 Å². The molecule has 0 radical (unpaired) electrons. The topological polar surface area (TPSA) is 69.5 Å². The van der Waals surface area contributed by atoms with Crippen LogP contribution in [-0.2, 0) is 11.8 Å². The zero-order valence-electron chi connectivity index (χ0n) is 13.6. The first kappa shape index (κ1) is 15.1. The largest absolute Gasteiger partial charge is 0.489 e. The summed E-state index contributed by atoms with van der Waals surface area (Å²) in [4.78, 5) is 18.3. The Balaban J connectivity index is 1.36. The number of nitrogens with zero attached hydrogens (tertiary/aromatic N) is 4. The second-order valence-electron chi connectivity index (χ2n) is 6.52. The number of aryl methyl sites for hydroxylation is 1. The molecule has 0 N–H and O–H groups in total. The van der Waals surface area contributed by atoms with E-state index in [4.69, 9.17) is 9.47 Å². The van der Waals surface area contributed by atoms with Gasteiger partial charge < -0.3 is 14.4 Å². The average Bonchev–Trinajstić information content (AvgIpc) is 3.00. The van der Waals surface area contributed by atoms with E-state index in [1.165, 1.54) is 0 Å². The molecule has 7 heteroatoms. The van der Waals surface area contributed by atoms with Crippen molar-refractivity contribution in [1.29, 1.82) is 0 Å². The molecule has 4 heterocycles. The first-order valence-corrected chi connectivity index (χ1v) is 8.12. The van der Waals surface area contributed by atoms with Crippen LogP contribution in [-0.4, -0.2) is 57.0 Å². The van der Waals surface area contributed by atoms with E-state index in [2.05, 4.69) is 10.1 Å². The predicted molar refractivity (Wildman–Crippen MR) is 85.7 cm³/mol. The summed E-state index contributed by atoms with van der Waals surface area (Å²) in [5.74, 6) is 0.787. The molecule has 2 aromatic rings. The number of rotatable bonds is 3. The number of aromatic nitrogens is 3. The van der Waals surface area contributed by atoms with Gasteiger partial charge in [-0.2, -0.15) is 5.10 Å². The Morgan fingerprint density at radius 1 is 1.42 bits per heavy atom. The van der Waals surface area contributed by atoms with Gasteiger partial charge in [-0.25, -0.2) is 0 Å². The smallest absolute Gasteiger partial charge is 0.257 e. The van der Waals surface area contributed by atoms with Gasteiger partial charge in [0.05, 0.1) is 37.7 Å². The first-order chi connectivity index (χ1) is 11.6. The third-order valence-corrected chi connectivity index (χ3v) is 4.58. The molecular formula is C17H20N4O3. The fraction of sp³-hybridized carbons (Fsp3) is 0.471. The van der Waals surface area contributed by atoms with Crippen molar-refractivity contribution in [2.24, 2.45) is 7.05 Å². The Hall–Kier alpha value is -2.41. The van der Waals surface area contributed by atoms with Crippen LogP contribution in [0.1, 0.15) is 23.2 Å². The normalized spacial score (nSPS) is 22.2. The second kappa shape index (κ2) is 5.90. The Bertz CT molecular complexity index is 724. The number of amides is 1. The van der Waals surface area contributed by atoms with Crippen molar-refractivity contribution in [3.05, 3.63) is 42.5 Å². The first-order valence-electron chi connectivity index (χ1n) is 8.12. The Morgan fingerprint density at radius 2 is 2.29 bits per heavy atom. The SMILES string of the molecule is Cn1cc(C(=O)N2CC3(C[C@H](Oc4cccnc4)CCO3)C2)cn1. The molecule has 2 aliphatic rings. The zero-order chi connectivity index (χ0) is 16.6. The number of pyridine rings is 1. The van der Waals surface area contributed by atoms with Crippen LogP contribution in [0.2, 0.25) is 0 Å². The summed E-state index contributed by atoms with van der Waals surface area (Å²) in [6, 6.07) is 3.77. The molecule has 0 saturated carbocycles. The van der Waals surface area contributed by atoms with E-state index >= 15 is 0 Å². The maximum atomic E-state index is 12.4. The van der Waals surface area contributed by atoms with Gasteiger partial charge in [0, 0.05) is 32.3 Å². The summed E-state index contributed by atoms with van der Waals surface area (Å²) >= 11 is 0. The standard InChI is InChI=1S/C17H20N4O3/c1-20-10-13(8-19-20)16(22)21-11-17(12-21)7-14(4-6-23-17)24-15-3-2-5-18-9-15/h2-3,5,8-10,14H,4,6-7,11-12H2,1H3/t14-/m1/s1. The van der Waals surface area contributed by atoms with Crippen LogP contribution >= 0.6 is 0 Å². The third kappa shape index (κ3) is 2.87. The van der Waals surface area contributed by atoms with Crippen LogP contribution in [0.3, 0.4) is 0 Å². The van der Waals surface area contributed by atoms with Crippen LogP contribution in [0.4, 0.5) is 0 Å². The maximum absolute atomic E-state index is 12.4. The fourth-order valence-electron chi connectivity index (χ4n) is 3.42. The second-order valence-corrected chi connectivity index (χ2v) is 6.52. The molecule has 2 fully saturated rings. The van der Waals surface area contributed by atoms with Gasteiger partial charge in [0.25, 0.3) is 5.91 Å². The molecular weight excluding hydrogens is 308 g/mol. The molecule has 126 valence electrons. The Kier molecular flexibility index (Phi) is 3.72. The molecule has 0 aromatic carbocycles. The molecule has 1 atom stereocenters. The molecule has 2 saturated heterocycles. The summed E-state index contributed by atoms with van der Waals surface area (Å²) in [6.07, 6.45) is 8.53. The molecule has 0 aliphatic carbocycles. The lowest BCUT2D eigenvalue weighted by Crippen LogP contribution is -2.67. The number of likely N-dealkylation sites (tertiary alicyclic amines) is 1. The summed E-state index contributed by atoms with van der Waals surface area (Å²) in [5, 5.41) is 4.05.